The molecule has 0 fully saturated rings. The molecule has 0 aromatic carbocycles. The molecule has 54 valence electrons. The molecule has 0 spiro atoms. The lowest BCUT2D eigenvalue weighted by atomic mass is 10.5. The molecule has 0 amide bonds. The van der Waals surface area contributed by atoms with Crippen LogP contribution in [-0.2, 0) is 11.2 Å². The molecule has 3 nitrogen and oxygen atoms in total. The number of rotatable bonds is 1. The summed E-state index contributed by atoms with van der Waals surface area (Å²) in [4.78, 5) is 4.64. The zero-order chi connectivity index (χ0) is 7.56. The van der Waals surface area contributed by atoms with Crippen molar-refractivity contribution in [3.63, 3.8) is 0 Å². The molecule has 0 saturated heterocycles. The van der Waals surface area contributed by atoms with E-state index in [0.29, 0.717) is 5.82 Å². The van der Waals surface area contributed by atoms with Gasteiger partial charge in [0, 0.05) is 6.07 Å². The second-order valence-corrected chi connectivity index (χ2v) is 3.32. The molecule has 0 aliphatic rings. The first-order chi connectivity index (χ1) is 4.70. The Morgan fingerprint density at radius 3 is 2.70 bits per heavy atom. The molecule has 1 atom stereocenters. The van der Waals surface area contributed by atoms with Crippen LogP contribution in [-0.4, -0.2) is 15.8 Å². The number of nitrogens with zero attached hydrogens (tertiary/aromatic N) is 1. The van der Waals surface area contributed by atoms with Crippen LogP contribution < -0.4 is 5.73 Å². The molecule has 0 radical (unpaired) electrons. The third-order valence-corrected chi connectivity index (χ3v) is 2.02. The van der Waals surface area contributed by atoms with Crippen LogP contribution >= 0.6 is 0 Å². The zero-order valence-electron chi connectivity index (χ0n) is 5.61. The highest BCUT2D eigenvalue weighted by Gasteiger charge is 2.10. The number of hydrogen-bond acceptors (Lipinski definition) is 3. The van der Waals surface area contributed by atoms with E-state index in [2.05, 4.69) is 4.98 Å². The average Bonchev–Trinajstić information content (AvgIpc) is 1.88. The number of hydrogen-bond donors (Lipinski definition) is 2. The Morgan fingerprint density at radius 2 is 2.30 bits per heavy atom. The molecule has 10 heavy (non-hydrogen) atoms. The maximum absolute atomic E-state index is 9.06. The summed E-state index contributed by atoms with van der Waals surface area (Å²) in [6.07, 6.45) is 3.30. The lowest BCUT2D eigenvalue weighted by Gasteiger charge is -1.92. The standard InChI is InChI=1S/C6H9N2OS/c1-10(9)5-2-3-6(7)8-4-5/h2-4,9H,1H3,(H2,7,8)/q+1. The van der Waals surface area contributed by atoms with Gasteiger partial charge in [-0.3, -0.25) is 0 Å². The van der Waals surface area contributed by atoms with Gasteiger partial charge in [0.25, 0.3) is 0 Å². The molecule has 1 rings (SSSR count). The molecule has 1 aromatic heterocycles. The van der Waals surface area contributed by atoms with Gasteiger partial charge in [-0.25, -0.2) is 4.98 Å². The summed E-state index contributed by atoms with van der Waals surface area (Å²) in [5, 5.41) is 0. The summed E-state index contributed by atoms with van der Waals surface area (Å²) in [7, 11) is 0. The van der Waals surface area contributed by atoms with Gasteiger partial charge in [0.1, 0.15) is 12.1 Å². The highest BCUT2D eigenvalue weighted by Crippen LogP contribution is 2.07. The van der Waals surface area contributed by atoms with Crippen LogP contribution in [0.1, 0.15) is 0 Å². The van der Waals surface area contributed by atoms with Gasteiger partial charge in [0.2, 0.25) is 4.90 Å². The normalized spacial score (nSPS) is 13.0. The van der Waals surface area contributed by atoms with Crippen molar-refractivity contribution in [2.45, 2.75) is 4.90 Å². The minimum atomic E-state index is -0.705. The molecular weight excluding hydrogens is 148 g/mol. The molecule has 1 unspecified atom stereocenters. The van der Waals surface area contributed by atoms with E-state index in [4.69, 9.17) is 10.3 Å². The first kappa shape index (κ1) is 7.37. The Morgan fingerprint density at radius 1 is 1.60 bits per heavy atom. The van der Waals surface area contributed by atoms with Crippen LogP contribution in [0.3, 0.4) is 0 Å². The van der Waals surface area contributed by atoms with Crippen molar-refractivity contribution in [2.75, 3.05) is 12.0 Å². The quantitative estimate of drug-likeness (QED) is 0.591. The topological polar surface area (TPSA) is 59.1 Å². The second-order valence-electron chi connectivity index (χ2n) is 1.90. The molecule has 1 aromatic rings. The van der Waals surface area contributed by atoms with Crippen LogP contribution in [0, 0.1) is 0 Å². The summed E-state index contributed by atoms with van der Waals surface area (Å²) >= 11 is -0.705. The van der Waals surface area contributed by atoms with Crippen molar-refractivity contribution in [3.05, 3.63) is 18.3 Å². The van der Waals surface area contributed by atoms with Crippen molar-refractivity contribution in [3.8, 4) is 0 Å². The molecule has 0 bridgehead atoms. The van der Waals surface area contributed by atoms with Gasteiger partial charge < -0.3 is 5.73 Å². The Hall–Kier alpha value is -0.740. The van der Waals surface area contributed by atoms with E-state index >= 15 is 0 Å². The van der Waals surface area contributed by atoms with Crippen molar-refractivity contribution < 1.29 is 4.55 Å². The first-order valence-electron chi connectivity index (χ1n) is 2.76. The van der Waals surface area contributed by atoms with Gasteiger partial charge in [-0.2, -0.15) is 4.55 Å². The number of aromatic nitrogens is 1. The average molecular weight is 157 g/mol. The highest BCUT2D eigenvalue weighted by molar-refractivity contribution is 7.90. The first-order valence-corrected chi connectivity index (χ1v) is 4.35. The summed E-state index contributed by atoms with van der Waals surface area (Å²) < 4.78 is 9.06. The Bertz CT molecular complexity index is 209. The van der Waals surface area contributed by atoms with Crippen LogP contribution in [0.4, 0.5) is 5.82 Å². The number of nitrogens with two attached hydrogens (primary N) is 1. The monoisotopic (exact) mass is 157 g/mol. The summed E-state index contributed by atoms with van der Waals surface area (Å²) in [6.45, 7) is 0. The van der Waals surface area contributed by atoms with Gasteiger partial charge in [0.05, 0.1) is 6.20 Å². The molecule has 3 N–H and O–H groups in total. The molecular formula is C6H9N2OS+. The van der Waals surface area contributed by atoms with Crippen molar-refractivity contribution in [2.24, 2.45) is 0 Å². The van der Waals surface area contributed by atoms with E-state index in [1.165, 1.54) is 0 Å². The summed E-state index contributed by atoms with van der Waals surface area (Å²) in [6, 6.07) is 3.44. The fourth-order valence-corrected chi connectivity index (χ4v) is 1.04. The lowest BCUT2D eigenvalue weighted by Crippen LogP contribution is -1.98. The van der Waals surface area contributed by atoms with Crippen LogP contribution in [0.5, 0.6) is 0 Å². The van der Waals surface area contributed by atoms with Crippen molar-refractivity contribution in [1.82, 2.24) is 4.98 Å². The Balaban J connectivity index is 2.89. The molecule has 0 aliphatic heterocycles. The number of pyridine rings is 1. The van der Waals surface area contributed by atoms with E-state index in [1.807, 2.05) is 0 Å². The van der Waals surface area contributed by atoms with E-state index < -0.39 is 11.2 Å². The van der Waals surface area contributed by atoms with Gasteiger partial charge in [-0.05, 0) is 6.07 Å². The van der Waals surface area contributed by atoms with Gasteiger partial charge in [-0.1, -0.05) is 0 Å². The minimum Gasteiger partial charge on any atom is -0.384 e. The van der Waals surface area contributed by atoms with Crippen LogP contribution in [0.2, 0.25) is 0 Å². The van der Waals surface area contributed by atoms with E-state index in [9.17, 15) is 0 Å². The summed E-state index contributed by atoms with van der Waals surface area (Å²) in [5.74, 6) is 0.481. The maximum Gasteiger partial charge on any atom is 0.208 e. The van der Waals surface area contributed by atoms with Crippen LogP contribution in [0.25, 0.3) is 0 Å². The van der Waals surface area contributed by atoms with Gasteiger partial charge in [-0.15, -0.1) is 0 Å². The predicted molar refractivity (Wildman–Crippen MR) is 42.8 cm³/mol. The fourth-order valence-electron chi connectivity index (χ4n) is 0.566. The number of nitrogen functional groups attached to an aromatic ring is 1. The van der Waals surface area contributed by atoms with E-state index in [0.717, 1.165) is 4.90 Å². The second kappa shape index (κ2) is 2.90. The molecule has 1 heterocycles. The van der Waals surface area contributed by atoms with Crippen molar-refractivity contribution >= 4 is 17.0 Å². The lowest BCUT2D eigenvalue weighted by molar-refractivity contribution is 0.644. The fraction of sp³-hybridized carbons (Fsp3) is 0.167. The Labute approximate surface area is 62.5 Å². The molecule has 0 aliphatic carbocycles. The minimum absolute atomic E-state index is 0.481. The summed E-state index contributed by atoms with van der Waals surface area (Å²) in [5.41, 5.74) is 5.34. The molecule has 0 saturated carbocycles. The third kappa shape index (κ3) is 1.62. The smallest absolute Gasteiger partial charge is 0.208 e. The third-order valence-electron chi connectivity index (χ3n) is 1.10. The predicted octanol–water partition coefficient (Wildman–Crippen LogP) is 0.744. The number of anilines is 1. The van der Waals surface area contributed by atoms with E-state index in [1.54, 1.807) is 24.6 Å². The van der Waals surface area contributed by atoms with E-state index in [-0.39, 0.29) is 0 Å². The SMILES string of the molecule is C[S+](O)c1ccc(N)nc1. The molecule has 4 heteroatoms. The maximum atomic E-state index is 9.06. The largest absolute Gasteiger partial charge is 0.384 e. The Kier molecular flexibility index (Phi) is 2.13. The van der Waals surface area contributed by atoms with Crippen LogP contribution in [0.15, 0.2) is 23.2 Å². The highest BCUT2D eigenvalue weighted by atomic mass is 32.2. The van der Waals surface area contributed by atoms with Gasteiger partial charge >= 0.3 is 0 Å². The van der Waals surface area contributed by atoms with Crippen molar-refractivity contribution in [1.29, 1.82) is 0 Å². The zero-order valence-corrected chi connectivity index (χ0v) is 6.43. The van der Waals surface area contributed by atoms with Gasteiger partial charge in [0.15, 0.2) is 11.2 Å².